The van der Waals surface area contributed by atoms with Gasteiger partial charge < -0.3 is 10.6 Å². The molecule has 0 unspecified atom stereocenters. The quantitative estimate of drug-likeness (QED) is 0.815. The molecule has 1 saturated heterocycles. The van der Waals surface area contributed by atoms with Crippen LogP contribution in [0.3, 0.4) is 0 Å². The Morgan fingerprint density at radius 1 is 1.65 bits per heavy atom. The third kappa shape index (κ3) is 2.78. The van der Waals surface area contributed by atoms with E-state index < -0.39 is 6.04 Å². The molecule has 7 heteroatoms. The molecule has 1 fully saturated rings. The number of carbonyl (C=O) groups is 2. The SMILES string of the molecule is CSc1sc(NC(=O)[C@H]2CCC(=O)N2)nc1C. The Balaban J connectivity index is 2.00. The molecule has 0 bridgehead atoms. The molecule has 0 aliphatic carbocycles. The average Bonchev–Trinajstić information content (AvgIpc) is 2.85. The van der Waals surface area contributed by atoms with Gasteiger partial charge in [-0.05, 0) is 19.6 Å². The molecule has 2 rings (SSSR count). The first-order chi connectivity index (χ1) is 8.10. The van der Waals surface area contributed by atoms with E-state index in [4.69, 9.17) is 0 Å². The Labute approximate surface area is 107 Å². The Bertz CT molecular complexity index is 458. The zero-order valence-corrected chi connectivity index (χ0v) is 11.2. The molecule has 2 heterocycles. The lowest BCUT2D eigenvalue weighted by atomic mass is 10.2. The van der Waals surface area contributed by atoms with Gasteiger partial charge in [0.15, 0.2) is 5.13 Å². The van der Waals surface area contributed by atoms with Crippen LogP contribution in [0.4, 0.5) is 5.13 Å². The van der Waals surface area contributed by atoms with Gasteiger partial charge in [0.25, 0.3) is 0 Å². The van der Waals surface area contributed by atoms with Crippen molar-refractivity contribution in [3.05, 3.63) is 5.69 Å². The van der Waals surface area contributed by atoms with Gasteiger partial charge >= 0.3 is 0 Å². The van der Waals surface area contributed by atoms with Crippen molar-refractivity contribution in [1.82, 2.24) is 10.3 Å². The topological polar surface area (TPSA) is 71.1 Å². The van der Waals surface area contributed by atoms with Gasteiger partial charge in [-0.15, -0.1) is 11.8 Å². The predicted octanol–water partition coefficient (Wildman–Crippen LogP) is 1.39. The molecular weight excluding hydrogens is 258 g/mol. The van der Waals surface area contributed by atoms with E-state index in [2.05, 4.69) is 15.6 Å². The Morgan fingerprint density at radius 2 is 2.41 bits per heavy atom. The number of carbonyl (C=O) groups excluding carboxylic acids is 2. The van der Waals surface area contributed by atoms with Crippen LogP contribution in [-0.2, 0) is 9.59 Å². The third-order valence-electron chi connectivity index (χ3n) is 2.48. The lowest BCUT2D eigenvalue weighted by molar-refractivity contribution is -0.122. The smallest absolute Gasteiger partial charge is 0.248 e. The number of aromatic nitrogens is 1. The van der Waals surface area contributed by atoms with Crippen LogP contribution in [0.2, 0.25) is 0 Å². The van der Waals surface area contributed by atoms with Crippen LogP contribution in [0.5, 0.6) is 0 Å². The van der Waals surface area contributed by atoms with Crippen molar-refractivity contribution in [2.75, 3.05) is 11.6 Å². The zero-order chi connectivity index (χ0) is 12.4. The molecule has 0 radical (unpaired) electrons. The number of rotatable bonds is 3. The van der Waals surface area contributed by atoms with Crippen molar-refractivity contribution >= 4 is 40.0 Å². The lowest BCUT2D eigenvalue weighted by Crippen LogP contribution is -2.37. The second kappa shape index (κ2) is 5.05. The summed E-state index contributed by atoms with van der Waals surface area (Å²) < 4.78 is 1.09. The summed E-state index contributed by atoms with van der Waals surface area (Å²) >= 11 is 3.07. The normalized spacial score (nSPS) is 19.2. The fourth-order valence-corrected chi connectivity index (χ4v) is 3.24. The molecule has 1 aromatic rings. The second-order valence-corrected chi connectivity index (χ2v) is 5.82. The summed E-state index contributed by atoms with van der Waals surface area (Å²) in [7, 11) is 0. The van der Waals surface area contributed by atoms with Crippen LogP contribution in [-0.4, -0.2) is 29.1 Å². The highest BCUT2D eigenvalue weighted by atomic mass is 32.2. The minimum Gasteiger partial charge on any atom is -0.344 e. The Kier molecular flexibility index (Phi) is 3.68. The number of nitrogens with one attached hydrogen (secondary N) is 2. The van der Waals surface area contributed by atoms with Gasteiger partial charge in [-0.3, -0.25) is 9.59 Å². The first-order valence-electron chi connectivity index (χ1n) is 5.22. The van der Waals surface area contributed by atoms with E-state index in [0.29, 0.717) is 18.0 Å². The maximum Gasteiger partial charge on any atom is 0.248 e. The molecule has 1 atom stereocenters. The molecule has 1 aromatic heterocycles. The van der Waals surface area contributed by atoms with Crippen molar-refractivity contribution in [3.8, 4) is 0 Å². The number of nitrogens with zero attached hydrogens (tertiary/aromatic N) is 1. The van der Waals surface area contributed by atoms with Gasteiger partial charge in [-0.2, -0.15) is 0 Å². The fraction of sp³-hybridized carbons (Fsp3) is 0.500. The zero-order valence-electron chi connectivity index (χ0n) is 9.57. The van der Waals surface area contributed by atoms with Crippen LogP contribution in [0.15, 0.2) is 4.21 Å². The molecule has 2 amide bonds. The molecule has 17 heavy (non-hydrogen) atoms. The number of thiazole rings is 1. The van der Waals surface area contributed by atoms with Crippen LogP contribution in [0, 0.1) is 6.92 Å². The lowest BCUT2D eigenvalue weighted by Gasteiger charge is -2.08. The minimum atomic E-state index is -0.413. The first-order valence-corrected chi connectivity index (χ1v) is 7.26. The van der Waals surface area contributed by atoms with Crippen LogP contribution in [0.1, 0.15) is 18.5 Å². The highest BCUT2D eigenvalue weighted by Gasteiger charge is 2.27. The van der Waals surface area contributed by atoms with Gasteiger partial charge in [-0.1, -0.05) is 11.3 Å². The maximum atomic E-state index is 11.8. The highest BCUT2D eigenvalue weighted by Crippen LogP contribution is 2.30. The molecule has 5 nitrogen and oxygen atoms in total. The van der Waals surface area contributed by atoms with Crippen LogP contribution in [0.25, 0.3) is 0 Å². The number of hydrogen-bond donors (Lipinski definition) is 2. The van der Waals surface area contributed by atoms with E-state index in [1.165, 1.54) is 11.3 Å². The Hall–Kier alpha value is -1.08. The molecule has 0 spiro atoms. The van der Waals surface area contributed by atoms with E-state index in [1.54, 1.807) is 11.8 Å². The summed E-state index contributed by atoms with van der Waals surface area (Å²) in [5.74, 6) is -0.248. The Morgan fingerprint density at radius 3 is 2.94 bits per heavy atom. The summed E-state index contributed by atoms with van der Waals surface area (Å²) in [5, 5.41) is 5.97. The molecule has 0 aromatic carbocycles. The van der Waals surface area contributed by atoms with Crippen LogP contribution >= 0.6 is 23.1 Å². The second-order valence-electron chi connectivity index (χ2n) is 3.74. The highest BCUT2D eigenvalue weighted by molar-refractivity contribution is 8.00. The number of anilines is 1. The van der Waals surface area contributed by atoms with E-state index in [-0.39, 0.29) is 11.8 Å². The average molecular weight is 271 g/mol. The summed E-state index contributed by atoms with van der Waals surface area (Å²) in [4.78, 5) is 27.1. The van der Waals surface area contributed by atoms with Gasteiger partial charge in [0, 0.05) is 6.42 Å². The summed E-state index contributed by atoms with van der Waals surface area (Å²) in [6.07, 6.45) is 2.96. The van der Waals surface area contributed by atoms with Crippen molar-refractivity contribution in [2.24, 2.45) is 0 Å². The molecule has 92 valence electrons. The summed E-state index contributed by atoms with van der Waals surface area (Å²) in [6.45, 7) is 1.91. The van der Waals surface area contributed by atoms with Crippen molar-refractivity contribution < 1.29 is 9.59 Å². The van der Waals surface area contributed by atoms with Crippen molar-refractivity contribution in [2.45, 2.75) is 30.0 Å². The van der Waals surface area contributed by atoms with E-state index >= 15 is 0 Å². The number of hydrogen-bond acceptors (Lipinski definition) is 5. The third-order valence-corrected chi connectivity index (χ3v) is 4.77. The predicted molar refractivity (Wildman–Crippen MR) is 68.4 cm³/mol. The number of thioether (sulfide) groups is 1. The summed E-state index contributed by atoms with van der Waals surface area (Å²) in [6, 6.07) is -0.413. The van der Waals surface area contributed by atoms with Gasteiger partial charge in [0.2, 0.25) is 11.8 Å². The fourth-order valence-electron chi connectivity index (χ4n) is 1.63. The molecule has 1 aliphatic heterocycles. The summed E-state index contributed by atoms with van der Waals surface area (Å²) in [5.41, 5.74) is 0.924. The van der Waals surface area contributed by atoms with E-state index in [1.807, 2.05) is 13.2 Å². The molecular formula is C10H13N3O2S2. The van der Waals surface area contributed by atoms with E-state index in [9.17, 15) is 9.59 Å². The van der Waals surface area contributed by atoms with Crippen molar-refractivity contribution in [1.29, 1.82) is 0 Å². The molecule has 1 aliphatic rings. The minimum absolute atomic E-state index is 0.0646. The standard InChI is InChI=1S/C10H13N3O2S2/c1-5-9(16-2)17-10(11-5)13-8(15)6-3-4-7(14)12-6/h6H,3-4H2,1-2H3,(H,12,14)(H,11,13,15)/t6-/m1/s1. The van der Waals surface area contributed by atoms with Crippen molar-refractivity contribution in [3.63, 3.8) is 0 Å². The van der Waals surface area contributed by atoms with E-state index in [0.717, 1.165) is 9.90 Å². The monoisotopic (exact) mass is 271 g/mol. The number of amides is 2. The van der Waals surface area contributed by atoms with Gasteiger partial charge in [0.1, 0.15) is 6.04 Å². The molecule has 2 N–H and O–H groups in total. The van der Waals surface area contributed by atoms with Crippen LogP contribution < -0.4 is 10.6 Å². The largest absolute Gasteiger partial charge is 0.344 e. The maximum absolute atomic E-state index is 11.8. The van der Waals surface area contributed by atoms with Gasteiger partial charge in [-0.25, -0.2) is 4.98 Å². The molecule has 0 saturated carbocycles. The first kappa shape index (κ1) is 12.4. The van der Waals surface area contributed by atoms with Gasteiger partial charge in [0.05, 0.1) is 9.90 Å². The number of aryl methyl sites for hydroxylation is 1.